The second kappa shape index (κ2) is 9.28. The summed E-state index contributed by atoms with van der Waals surface area (Å²) >= 11 is 1.91. The van der Waals surface area contributed by atoms with Gasteiger partial charge in [0.05, 0.1) is 0 Å². The van der Waals surface area contributed by atoms with Crippen LogP contribution in [0.3, 0.4) is 0 Å². The Morgan fingerprint density at radius 1 is 1.31 bits per heavy atom. The van der Waals surface area contributed by atoms with Crippen molar-refractivity contribution in [3.63, 3.8) is 0 Å². The number of hydrogen-bond acceptors (Lipinski definition) is 4. The molecular weight excluding hydrogens is 218 g/mol. The molecule has 0 fully saturated rings. The number of likely N-dealkylation sites (N-methyl/N-ethyl adjacent to an activating group) is 2. The highest BCUT2D eigenvalue weighted by Crippen LogP contribution is 2.11. The van der Waals surface area contributed by atoms with Gasteiger partial charge in [0.1, 0.15) is 0 Å². The van der Waals surface area contributed by atoms with Crippen LogP contribution in [-0.4, -0.2) is 67.6 Å². The summed E-state index contributed by atoms with van der Waals surface area (Å²) in [4.78, 5) is 4.78. The fraction of sp³-hybridized carbons (Fsp3) is 1.00. The molecule has 0 spiro atoms. The zero-order chi connectivity index (χ0) is 12.6. The van der Waals surface area contributed by atoms with Crippen LogP contribution in [0.5, 0.6) is 0 Å². The van der Waals surface area contributed by atoms with Gasteiger partial charge in [0, 0.05) is 25.2 Å². The first-order valence-corrected chi connectivity index (χ1v) is 7.55. The van der Waals surface area contributed by atoms with Gasteiger partial charge in [-0.05, 0) is 46.0 Å². The molecule has 0 saturated carbocycles. The summed E-state index contributed by atoms with van der Waals surface area (Å²) in [7, 11) is 4.26. The molecule has 0 bridgehead atoms. The summed E-state index contributed by atoms with van der Waals surface area (Å²) in [6.07, 6.45) is 3.36. The molecule has 98 valence electrons. The normalized spacial score (nSPS) is 15.8. The van der Waals surface area contributed by atoms with Crippen LogP contribution in [-0.2, 0) is 0 Å². The van der Waals surface area contributed by atoms with Gasteiger partial charge in [-0.3, -0.25) is 4.90 Å². The highest BCUT2D eigenvalue weighted by atomic mass is 32.2. The number of nitrogens with two attached hydrogens (primary N) is 1. The molecule has 0 rings (SSSR count). The maximum Gasteiger partial charge on any atom is 0.0229 e. The SMILES string of the molecule is CCN(C(C)CN(C)C)C(CN)CCSC. The van der Waals surface area contributed by atoms with Gasteiger partial charge in [0.25, 0.3) is 0 Å². The van der Waals surface area contributed by atoms with Crippen molar-refractivity contribution in [1.82, 2.24) is 9.80 Å². The van der Waals surface area contributed by atoms with Crippen molar-refractivity contribution >= 4 is 11.8 Å². The van der Waals surface area contributed by atoms with E-state index in [-0.39, 0.29) is 0 Å². The molecule has 0 aliphatic heterocycles. The number of thioether (sulfide) groups is 1. The van der Waals surface area contributed by atoms with E-state index in [1.807, 2.05) is 11.8 Å². The van der Waals surface area contributed by atoms with Gasteiger partial charge < -0.3 is 10.6 Å². The zero-order valence-electron chi connectivity index (χ0n) is 11.6. The average Bonchev–Trinajstić information content (AvgIpc) is 2.22. The van der Waals surface area contributed by atoms with Crippen molar-refractivity contribution in [2.45, 2.75) is 32.4 Å². The minimum Gasteiger partial charge on any atom is -0.329 e. The largest absolute Gasteiger partial charge is 0.329 e. The molecule has 16 heavy (non-hydrogen) atoms. The molecule has 0 amide bonds. The molecule has 2 atom stereocenters. The summed E-state index contributed by atoms with van der Waals surface area (Å²) in [6.45, 7) is 7.49. The Balaban J connectivity index is 4.29. The van der Waals surface area contributed by atoms with Crippen LogP contribution in [0.2, 0.25) is 0 Å². The van der Waals surface area contributed by atoms with Crippen molar-refractivity contribution in [3.8, 4) is 0 Å². The standard InChI is InChI=1S/C12H29N3S/c1-6-15(11(2)10-14(3)4)12(9-13)7-8-16-5/h11-12H,6-10,13H2,1-5H3. The lowest BCUT2D eigenvalue weighted by Crippen LogP contribution is -2.49. The second-order valence-electron chi connectivity index (χ2n) is 4.61. The Morgan fingerprint density at radius 2 is 1.94 bits per heavy atom. The summed E-state index contributed by atoms with van der Waals surface area (Å²) in [5, 5.41) is 0. The molecule has 0 aromatic heterocycles. The van der Waals surface area contributed by atoms with Crippen molar-refractivity contribution in [1.29, 1.82) is 0 Å². The Hall–Kier alpha value is 0.230. The first-order chi connectivity index (χ1) is 7.56. The maximum absolute atomic E-state index is 5.89. The topological polar surface area (TPSA) is 32.5 Å². The summed E-state index contributed by atoms with van der Waals surface area (Å²) in [5.41, 5.74) is 5.89. The van der Waals surface area contributed by atoms with E-state index in [2.05, 4.69) is 44.0 Å². The highest BCUT2D eigenvalue weighted by Gasteiger charge is 2.20. The third-order valence-corrected chi connectivity index (χ3v) is 3.60. The van der Waals surface area contributed by atoms with Crippen LogP contribution < -0.4 is 5.73 Å². The molecule has 0 aliphatic rings. The lowest BCUT2D eigenvalue weighted by molar-refractivity contribution is 0.128. The molecule has 0 saturated heterocycles. The Bertz CT molecular complexity index is 164. The number of rotatable bonds is 9. The van der Waals surface area contributed by atoms with Gasteiger partial charge in [-0.2, -0.15) is 11.8 Å². The van der Waals surface area contributed by atoms with E-state index < -0.39 is 0 Å². The van der Waals surface area contributed by atoms with Gasteiger partial charge in [-0.15, -0.1) is 0 Å². The summed E-state index contributed by atoms with van der Waals surface area (Å²) in [5.74, 6) is 1.20. The zero-order valence-corrected chi connectivity index (χ0v) is 12.4. The lowest BCUT2D eigenvalue weighted by atomic mass is 10.1. The van der Waals surface area contributed by atoms with Crippen LogP contribution >= 0.6 is 11.8 Å². The van der Waals surface area contributed by atoms with Gasteiger partial charge in [0.2, 0.25) is 0 Å². The van der Waals surface area contributed by atoms with E-state index in [1.165, 1.54) is 12.2 Å². The highest BCUT2D eigenvalue weighted by molar-refractivity contribution is 7.98. The van der Waals surface area contributed by atoms with E-state index in [0.29, 0.717) is 12.1 Å². The van der Waals surface area contributed by atoms with Crippen LogP contribution in [0.25, 0.3) is 0 Å². The molecule has 0 aromatic carbocycles. The first kappa shape index (κ1) is 16.2. The Labute approximate surface area is 106 Å². The van der Waals surface area contributed by atoms with Gasteiger partial charge >= 0.3 is 0 Å². The van der Waals surface area contributed by atoms with E-state index in [1.54, 1.807) is 0 Å². The molecule has 2 N–H and O–H groups in total. The predicted molar refractivity (Wildman–Crippen MR) is 76.2 cm³/mol. The third-order valence-electron chi connectivity index (χ3n) is 2.96. The number of nitrogens with zero attached hydrogens (tertiary/aromatic N) is 2. The molecule has 0 aliphatic carbocycles. The average molecular weight is 247 g/mol. The van der Waals surface area contributed by atoms with Gasteiger partial charge in [0.15, 0.2) is 0 Å². The molecule has 0 radical (unpaired) electrons. The minimum atomic E-state index is 0.535. The number of hydrogen-bond donors (Lipinski definition) is 1. The summed E-state index contributed by atoms with van der Waals surface area (Å²) in [6, 6.07) is 1.11. The van der Waals surface area contributed by atoms with Gasteiger partial charge in [-0.1, -0.05) is 6.92 Å². The molecule has 0 heterocycles. The van der Waals surface area contributed by atoms with E-state index >= 15 is 0 Å². The van der Waals surface area contributed by atoms with Crippen molar-refractivity contribution in [2.24, 2.45) is 5.73 Å². The maximum atomic E-state index is 5.89. The quantitative estimate of drug-likeness (QED) is 0.666. The van der Waals surface area contributed by atoms with Crippen molar-refractivity contribution in [2.75, 3.05) is 45.7 Å². The van der Waals surface area contributed by atoms with Crippen LogP contribution in [0.1, 0.15) is 20.3 Å². The van der Waals surface area contributed by atoms with Crippen molar-refractivity contribution < 1.29 is 0 Å². The molecule has 2 unspecified atom stereocenters. The third kappa shape index (κ3) is 6.09. The Kier molecular flexibility index (Phi) is 9.41. The van der Waals surface area contributed by atoms with E-state index in [9.17, 15) is 0 Å². The minimum absolute atomic E-state index is 0.535. The van der Waals surface area contributed by atoms with E-state index in [0.717, 1.165) is 19.6 Å². The molecule has 0 aromatic rings. The summed E-state index contributed by atoms with van der Waals surface area (Å²) < 4.78 is 0. The Morgan fingerprint density at radius 3 is 2.31 bits per heavy atom. The monoisotopic (exact) mass is 247 g/mol. The molecule has 3 nitrogen and oxygen atoms in total. The first-order valence-electron chi connectivity index (χ1n) is 6.16. The molecular formula is C12H29N3S. The fourth-order valence-corrected chi connectivity index (χ4v) is 2.74. The fourth-order valence-electron chi connectivity index (χ4n) is 2.24. The lowest BCUT2D eigenvalue weighted by Gasteiger charge is -2.36. The molecule has 4 heteroatoms. The van der Waals surface area contributed by atoms with Gasteiger partial charge in [-0.25, -0.2) is 0 Å². The predicted octanol–water partition coefficient (Wildman–Crippen LogP) is 1.34. The smallest absolute Gasteiger partial charge is 0.0229 e. The second-order valence-corrected chi connectivity index (χ2v) is 5.60. The van der Waals surface area contributed by atoms with E-state index in [4.69, 9.17) is 5.73 Å². The van der Waals surface area contributed by atoms with Crippen LogP contribution in [0.15, 0.2) is 0 Å². The van der Waals surface area contributed by atoms with Crippen LogP contribution in [0.4, 0.5) is 0 Å². The van der Waals surface area contributed by atoms with Crippen LogP contribution in [0, 0.1) is 0 Å². The van der Waals surface area contributed by atoms with Crippen molar-refractivity contribution in [3.05, 3.63) is 0 Å².